The maximum atomic E-state index is 14.0. The summed E-state index contributed by atoms with van der Waals surface area (Å²) >= 11 is 0. The molecule has 0 spiro atoms. The highest BCUT2D eigenvalue weighted by Gasteiger charge is 2.19. The molecule has 0 aromatic heterocycles. The van der Waals surface area contributed by atoms with E-state index in [-0.39, 0.29) is 11.3 Å². The molecule has 0 bridgehead atoms. The van der Waals surface area contributed by atoms with Crippen molar-refractivity contribution in [3.05, 3.63) is 23.5 Å². The molecule has 1 atom stereocenters. The average Bonchev–Trinajstić information content (AvgIpc) is 2.54. The van der Waals surface area contributed by atoms with Crippen LogP contribution in [0.1, 0.15) is 36.5 Å². The van der Waals surface area contributed by atoms with E-state index in [1.54, 1.807) is 0 Å². The minimum Gasteiger partial charge on any atom is -0.398 e. The molecule has 1 aliphatic rings. The number of halogens is 1. The van der Waals surface area contributed by atoms with Gasteiger partial charge in [0.15, 0.2) is 0 Å². The fourth-order valence-electron chi connectivity index (χ4n) is 2.54. The van der Waals surface area contributed by atoms with E-state index in [0.717, 1.165) is 32.4 Å². The third-order valence-electron chi connectivity index (χ3n) is 3.74. The molecule has 1 amide bonds. The molecule has 2 rings (SSSR count). The third-order valence-corrected chi connectivity index (χ3v) is 3.74. The molecule has 0 aliphatic carbocycles. The molecule has 1 aromatic rings. The summed E-state index contributed by atoms with van der Waals surface area (Å²) in [5.74, 6) is -0.364. The van der Waals surface area contributed by atoms with E-state index in [0.29, 0.717) is 11.6 Å². The van der Waals surface area contributed by atoms with E-state index in [1.807, 2.05) is 4.90 Å². The molecule has 1 unspecified atom stereocenters. The molecule has 4 nitrogen and oxygen atoms in total. The summed E-state index contributed by atoms with van der Waals surface area (Å²) in [7, 11) is 0. The topological polar surface area (TPSA) is 72.3 Å². The summed E-state index contributed by atoms with van der Waals surface area (Å²) in [5.41, 5.74) is 11.6. The van der Waals surface area contributed by atoms with Crippen LogP contribution in [0.4, 0.5) is 15.8 Å². The molecule has 1 aromatic carbocycles. The number of rotatable bonds is 2. The monoisotopic (exact) mass is 265 g/mol. The van der Waals surface area contributed by atoms with Crippen LogP contribution in [-0.4, -0.2) is 19.0 Å². The zero-order valence-electron chi connectivity index (χ0n) is 11.2. The molecule has 0 saturated carbocycles. The Labute approximate surface area is 112 Å². The average molecular weight is 265 g/mol. The van der Waals surface area contributed by atoms with Crippen molar-refractivity contribution in [2.24, 2.45) is 11.7 Å². The van der Waals surface area contributed by atoms with Gasteiger partial charge in [-0.2, -0.15) is 0 Å². The van der Waals surface area contributed by atoms with E-state index >= 15 is 0 Å². The van der Waals surface area contributed by atoms with Crippen LogP contribution in [0, 0.1) is 11.7 Å². The van der Waals surface area contributed by atoms with Crippen LogP contribution in [0.3, 0.4) is 0 Å². The number of primary amides is 1. The van der Waals surface area contributed by atoms with Gasteiger partial charge in [-0.3, -0.25) is 4.79 Å². The lowest BCUT2D eigenvalue weighted by Crippen LogP contribution is -2.26. The van der Waals surface area contributed by atoms with E-state index in [2.05, 4.69) is 6.92 Å². The normalized spacial score (nSPS) is 20.1. The number of nitrogens with two attached hydrogens (primary N) is 2. The predicted octanol–water partition coefficient (Wildman–Crippen LogP) is 2.13. The molecule has 19 heavy (non-hydrogen) atoms. The Morgan fingerprint density at radius 1 is 1.37 bits per heavy atom. The van der Waals surface area contributed by atoms with Gasteiger partial charge in [0.25, 0.3) is 5.91 Å². The Morgan fingerprint density at radius 2 is 2.11 bits per heavy atom. The number of carbonyl (C=O) groups excluding carboxylic acids is 1. The molecular weight excluding hydrogens is 245 g/mol. The van der Waals surface area contributed by atoms with Gasteiger partial charge in [0.2, 0.25) is 0 Å². The molecule has 1 aliphatic heterocycles. The Bertz CT molecular complexity index is 490. The van der Waals surface area contributed by atoms with Gasteiger partial charge in [-0.1, -0.05) is 6.92 Å². The first-order valence-corrected chi connectivity index (χ1v) is 6.63. The smallest absolute Gasteiger partial charge is 0.250 e. The van der Waals surface area contributed by atoms with Gasteiger partial charge in [0.1, 0.15) is 5.82 Å². The molecule has 4 N–H and O–H groups in total. The molecule has 0 radical (unpaired) electrons. The Balaban J connectivity index is 2.33. The van der Waals surface area contributed by atoms with Gasteiger partial charge in [0, 0.05) is 18.8 Å². The van der Waals surface area contributed by atoms with Crippen LogP contribution in [0.2, 0.25) is 0 Å². The number of hydrogen-bond donors (Lipinski definition) is 2. The summed E-state index contributed by atoms with van der Waals surface area (Å²) in [4.78, 5) is 13.3. The summed E-state index contributed by atoms with van der Waals surface area (Å²) in [6.45, 7) is 3.79. The molecule has 1 heterocycles. The van der Waals surface area contributed by atoms with Crippen LogP contribution in [-0.2, 0) is 0 Å². The molecule has 5 heteroatoms. The van der Waals surface area contributed by atoms with Crippen molar-refractivity contribution >= 4 is 17.3 Å². The van der Waals surface area contributed by atoms with E-state index < -0.39 is 11.7 Å². The van der Waals surface area contributed by atoms with Crippen LogP contribution in [0.5, 0.6) is 0 Å². The summed E-state index contributed by atoms with van der Waals surface area (Å²) in [6, 6.07) is 2.66. The van der Waals surface area contributed by atoms with Crippen molar-refractivity contribution in [1.82, 2.24) is 0 Å². The Morgan fingerprint density at radius 3 is 2.79 bits per heavy atom. The zero-order valence-corrected chi connectivity index (χ0v) is 11.2. The van der Waals surface area contributed by atoms with Gasteiger partial charge in [0.05, 0.1) is 11.3 Å². The second-order valence-electron chi connectivity index (χ2n) is 5.28. The SMILES string of the molecule is CC1CCCN(c2cc(C(N)=O)c(N)cc2F)CC1. The van der Waals surface area contributed by atoms with Gasteiger partial charge in [-0.05, 0) is 37.3 Å². The number of nitrogen functional groups attached to an aromatic ring is 1. The standard InChI is InChI=1S/C14H20FN3O/c1-9-3-2-5-18(6-4-9)13-7-10(14(17)19)12(16)8-11(13)15/h7-9H,2-6,16H2,1H3,(H2,17,19). The number of nitrogens with zero attached hydrogens (tertiary/aromatic N) is 1. The third kappa shape index (κ3) is 2.97. The van der Waals surface area contributed by atoms with E-state index in [1.165, 1.54) is 12.1 Å². The number of benzene rings is 1. The maximum Gasteiger partial charge on any atom is 0.250 e. The lowest BCUT2D eigenvalue weighted by molar-refractivity contribution is 0.100. The molecule has 1 saturated heterocycles. The van der Waals surface area contributed by atoms with Crippen molar-refractivity contribution in [2.45, 2.75) is 26.2 Å². The highest BCUT2D eigenvalue weighted by atomic mass is 19.1. The van der Waals surface area contributed by atoms with Crippen LogP contribution >= 0.6 is 0 Å². The van der Waals surface area contributed by atoms with Gasteiger partial charge in [-0.25, -0.2) is 4.39 Å². The highest BCUT2D eigenvalue weighted by Crippen LogP contribution is 2.28. The number of anilines is 2. The highest BCUT2D eigenvalue weighted by molar-refractivity contribution is 5.99. The van der Waals surface area contributed by atoms with Gasteiger partial charge >= 0.3 is 0 Å². The van der Waals surface area contributed by atoms with Crippen LogP contribution in [0.25, 0.3) is 0 Å². The Hall–Kier alpha value is -1.78. The summed E-state index contributed by atoms with van der Waals surface area (Å²) < 4.78 is 14.0. The zero-order chi connectivity index (χ0) is 14.0. The van der Waals surface area contributed by atoms with Crippen molar-refractivity contribution in [3.8, 4) is 0 Å². The van der Waals surface area contributed by atoms with Crippen LogP contribution in [0.15, 0.2) is 12.1 Å². The lowest BCUT2D eigenvalue weighted by atomic mass is 10.0. The molecular formula is C14H20FN3O. The van der Waals surface area contributed by atoms with Gasteiger partial charge < -0.3 is 16.4 Å². The lowest BCUT2D eigenvalue weighted by Gasteiger charge is -2.24. The maximum absolute atomic E-state index is 14.0. The minimum atomic E-state index is -0.623. The van der Waals surface area contributed by atoms with Gasteiger partial charge in [-0.15, -0.1) is 0 Å². The van der Waals surface area contributed by atoms with Crippen molar-refractivity contribution < 1.29 is 9.18 Å². The molecule has 1 fully saturated rings. The first-order valence-electron chi connectivity index (χ1n) is 6.63. The number of hydrogen-bond acceptors (Lipinski definition) is 3. The summed E-state index contributed by atoms with van der Waals surface area (Å²) in [6.07, 6.45) is 3.20. The summed E-state index contributed by atoms with van der Waals surface area (Å²) in [5, 5.41) is 0. The number of amides is 1. The fourth-order valence-corrected chi connectivity index (χ4v) is 2.54. The first kappa shape index (κ1) is 13.6. The second kappa shape index (κ2) is 5.47. The van der Waals surface area contributed by atoms with E-state index in [4.69, 9.17) is 11.5 Å². The Kier molecular flexibility index (Phi) is 3.93. The number of carbonyl (C=O) groups is 1. The minimum absolute atomic E-state index is 0.0944. The van der Waals surface area contributed by atoms with Crippen LogP contribution < -0.4 is 16.4 Å². The molecule has 104 valence electrons. The second-order valence-corrected chi connectivity index (χ2v) is 5.28. The van der Waals surface area contributed by atoms with Crippen molar-refractivity contribution in [3.63, 3.8) is 0 Å². The predicted molar refractivity (Wildman–Crippen MR) is 74.6 cm³/mol. The quantitative estimate of drug-likeness (QED) is 0.805. The first-order chi connectivity index (χ1) is 8.99. The fraction of sp³-hybridized carbons (Fsp3) is 0.500. The van der Waals surface area contributed by atoms with E-state index in [9.17, 15) is 9.18 Å². The largest absolute Gasteiger partial charge is 0.398 e. The van der Waals surface area contributed by atoms with Crippen molar-refractivity contribution in [2.75, 3.05) is 23.7 Å². The van der Waals surface area contributed by atoms with Crippen molar-refractivity contribution in [1.29, 1.82) is 0 Å².